The molecule has 40 nitrogen and oxygen atoms in total. The highest BCUT2D eigenvalue weighted by Crippen LogP contribution is 2.32. The zero-order chi connectivity index (χ0) is 83.4. The van der Waals surface area contributed by atoms with E-state index in [4.69, 9.17) is 71.1 Å². The van der Waals surface area contributed by atoms with E-state index in [1.54, 1.807) is 32.6 Å². The summed E-state index contributed by atoms with van der Waals surface area (Å²) in [6.07, 6.45) is 4.31. The molecular weight excluding hydrogens is 1500 g/mol. The number of carbonyl (C=O) groups excluding carboxylic acids is 12. The van der Waals surface area contributed by atoms with Gasteiger partial charge in [0, 0.05) is 122 Å². The fourth-order valence-electron chi connectivity index (χ4n) is 14.0. The van der Waals surface area contributed by atoms with Gasteiger partial charge in [-0.1, -0.05) is 54.2 Å². The average Bonchev–Trinajstić information content (AvgIpc) is 1.74. The Balaban J connectivity index is 1.04. The molecule has 0 bridgehead atoms. The third-order valence-electron chi connectivity index (χ3n) is 18.8. The van der Waals surface area contributed by atoms with Crippen LogP contribution in [0.25, 0.3) is 0 Å². The lowest BCUT2D eigenvalue weighted by Gasteiger charge is -2.46. The molecule has 114 heavy (non-hydrogen) atoms. The van der Waals surface area contributed by atoms with Crippen LogP contribution in [-0.4, -0.2) is 295 Å². The van der Waals surface area contributed by atoms with Crippen molar-refractivity contribution in [3.05, 3.63) is 35.7 Å². The van der Waals surface area contributed by atoms with E-state index in [2.05, 4.69) is 30.9 Å². The zero-order valence-corrected chi connectivity index (χ0v) is 67.4. The molecule has 3 fully saturated rings. The van der Waals surface area contributed by atoms with E-state index in [0.717, 1.165) is 57.8 Å². The smallest absolute Gasteiger partial charge is 0.303 e. The number of aliphatic hydroxyl groups is 1. The largest absolute Gasteiger partial charge is 0.464 e. The molecule has 3 aromatic rings. The number of rotatable bonds is 49. The van der Waals surface area contributed by atoms with E-state index < -0.39 is 157 Å². The van der Waals surface area contributed by atoms with E-state index in [9.17, 15) is 62.6 Å². The molecule has 6 rings (SSSR count). The van der Waals surface area contributed by atoms with Gasteiger partial charge in [-0.25, -0.2) is 0 Å². The molecule has 0 aliphatic carbocycles. The highest BCUT2D eigenvalue weighted by atomic mass is 16.6. The number of aryl methyl sites for hydroxylation is 3. The number of piperidine rings is 3. The molecule has 3 saturated heterocycles. The predicted octanol–water partition coefficient (Wildman–Crippen LogP) is 2.20. The Morgan fingerprint density at radius 3 is 0.772 bits per heavy atom. The maximum Gasteiger partial charge on any atom is 0.303 e. The number of likely N-dealkylation sites (tertiary alicyclic amines) is 3. The van der Waals surface area contributed by atoms with Crippen molar-refractivity contribution in [1.29, 1.82) is 0 Å². The summed E-state index contributed by atoms with van der Waals surface area (Å²) in [6.45, 7) is 16.8. The Kier molecular flexibility index (Phi) is 39.6. The van der Waals surface area contributed by atoms with Gasteiger partial charge in [0.2, 0.25) is 0 Å². The average molecular weight is 1620 g/mol. The Morgan fingerprint density at radius 2 is 0.553 bits per heavy atom. The van der Waals surface area contributed by atoms with E-state index in [1.165, 1.54) is 83.1 Å². The van der Waals surface area contributed by atoms with Crippen molar-refractivity contribution in [2.45, 2.75) is 273 Å². The molecule has 12 atom stereocenters. The first kappa shape index (κ1) is 93.6. The molecule has 3 aromatic heterocycles. The third-order valence-corrected chi connectivity index (χ3v) is 18.8. The standard InChI is InChI=1S/C74H114N12O28/c1-47(88)103-40-62-68(109-53(7)94)71(112-56(10)97)65(106-50(4)91)34-81(62)25-19-13-16-22-28-84-31-59(75-78-84)37-100-44-74(43-87,45-101-38-60-32-85(79-76-60)29-23-17-14-20-26-82-35-66(107-51(5)92)72(113-57(11)98)69(110-54(8)95)63(82)41-104-48(2)89)46-102-39-61-33-86(80-77-61)30-24-18-15-21-27-83-36-67(108-52(6)93)73(114-58(12)99)70(111-55(9)96)64(83)42-105-49(3)90/h31-33,62-73,87H,13-30,34-46H2,1-12H3/t62-,63-,64-,65+,66+,67+,68-,69-,70-,71-,72-,73-/m1/s1. The van der Waals surface area contributed by atoms with Crippen molar-refractivity contribution in [1.82, 2.24) is 59.7 Å². The van der Waals surface area contributed by atoms with E-state index in [0.29, 0.717) is 75.6 Å². The fraction of sp³-hybridized carbons (Fsp3) is 0.757. The van der Waals surface area contributed by atoms with Gasteiger partial charge in [0.05, 0.1) is 88.4 Å². The van der Waals surface area contributed by atoms with Crippen LogP contribution < -0.4 is 0 Å². The van der Waals surface area contributed by atoms with Gasteiger partial charge in [0.15, 0.2) is 54.9 Å². The number of unbranched alkanes of at least 4 members (excludes halogenated alkanes) is 9. The van der Waals surface area contributed by atoms with E-state index in [-0.39, 0.29) is 79.1 Å². The highest BCUT2D eigenvalue weighted by Gasteiger charge is 2.53. The molecule has 0 unspecified atom stereocenters. The van der Waals surface area contributed by atoms with Crippen LogP contribution in [0.2, 0.25) is 0 Å². The van der Waals surface area contributed by atoms with Crippen LogP contribution in [0.5, 0.6) is 0 Å². The topological polar surface area (TPSA) is 465 Å². The van der Waals surface area contributed by atoms with Crippen molar-refractivity contribution >= 4 is 71.6 Å². The molecule has 0 spiro atoms. The molecular formula is C74H114N12O28. The third kappa shape index (κ3) is 32.9. The lowest BCUT2D eigenvalue weighted by Crippen LogP contribution is -2.65. The minimum absolute atomic E-state index is 0.0236. The summed E-state index contributed by atoms with van der Waals surface area (Å²) >= 11 is 0. The van der Waals surface area contributed by atoms with Gasteiger partial charge in [-0.2, -0.15) is 0 Å². The Bertz CT molecular complexity index is 3240. The van der Waals surface area contributed by atoms with Gasteiger partial charge < -0.3 is 76.2 Å². The summed E-state index contributed by atoms with van der Waals surface area (Å²) < 4.78 is 90.3. The second kappa shape index (κ2) is 48.2. The first-order valence-electron chi connectivity index (χ1n) is 38.5. The minimum atomic E-state index is -1.14. The van der Waals surface area contributed by atoms with Gasteiger partial charge in [0.25, 0.3) is 0 Å². The summed E-state index contributed by atoms with van der Waals surface area (Å²) in [4.78, 5) is 152. The summed E-state index contributed by atoms with van der Waals surface area (Å²) in [7, 11) is 0. The zero-order valence-electron chi connectivity index (χ0n) is 67.4. The molecule has 0 amide bonds. The monoisotopic (exact) mass is 1620 g/mol. The SMILES string of the molecule is CC(=O)OC[C@@H]1[C@@H](OC(C)=O)[C@H](OC(C)=O)[C@@H](OC(C)=O)CN1CCCCCCn1cc(COCC(CO)(COCc2cn(CCCCCCN3C[C@H](OC(C)=O)[C@@H](OC(C)=O)[C@H](OC(C)=O)[C@H]3COC(C)=O)nn2)COCc2cn(CCCCCCN3C[C@H](OC(C)=O)[C@@H](OC(C)=O)[C@H](OC(C)=O)[C@H]3COC(C)=O)nn2)nn1. The van der Waals surface area contributed by atoms with E-state index >= 15 is 0 Å². The Morgan fingerprint density at radius 1 is 0.325 bits per heavy atom. The van der Waals surface area contributed by atoms with Crippen molar-refractivity contribution in [2.24, 2.45) is 5.41 Å². The van der Waals surface area contributed by atoms with E-state index in [1.807, 2.05) is 14.7 Å². The number of esters is 12. The van der Waals surface area contributed by atoms with Crippen LogP contribution in [0.15, 0.2) is 18.6 Å². The van der Waals surface area contributed by atoms with Crippen LogP contribution in [-0.2, 0) is 168 Å². The molecule has 1 N–H and O–H groups in total. The lowest BCUT2D eigenvalue weighted by atomic mass is 9.92. The quantitative estimate of drug-likeness (QED) is 0.0481. The molecule has 0 aromatic carbocycles. The molecule has 638 valence electrons. The molecule has 3 aliphatic rings. The first-order chi connectivity index (χ1) is 54.3. The van der Waals surface area contributed by atoms with Gasteiger partial charge in [-0.3, -0.25) is 86.3 Å². The summed E-state index contributed by atoms with van der Waals surface area (Å²) in [5.74, 6) is -7.57. The maximum absolute atomic E-state index is 12.3. The number of nitrogens with zero attached hydrogens (tertiary/aromatic N) is 12. The fourth-order valence-corrected chi connectivity index (χ4v) is 14.0. The molecule has 0 saturated carbocycles. The summed E-state index contributed by atoms with van der Waals surface area (Å²) in [6, 6.07) is -2.14. The summed E-state index contributed by atoms with van der Waals surface area (Å²) in [5, 5.41) is 37.1. The number of aromatic nitrogens is 9. The van der Waals surface area contributed by atoms with Crippen molar-refractivity contribution in [3.8, 4) is 0 Å². The van der Waals surface area contributed by atoms with Crippen molar-refractivity contribution in [2.75, 3.05) is 85.5 Å². The number of hydrogen-bond acceptors (Lipinski definition) is 37. The molecule has 0 radical (unpaired) electrons. The van der Waals surface area contributed by atoms with Crippen molar-refractivity contribution in [3.63, 3.8) is 0 Å². The number of aliphatic hydroxyl groups excluding tert-OH is 1. The number of hydrogen-bond donors (Lipinski definition) is 1. The lowest BCUT2D eigenvalue weighted by molar-refractivity contribution is -0.208. The maximum atomic E-state index is 12.3. The van der Waals surface area contributed by atoms with Gasteiger partial charge in [-0.15, -0.1) is 15.3 Å². The molecule has 6 heterocycles. The molecule has 3 aliphatic heterocycles. The van der Waals surface area contributed by atoms with Crippen LogP contribution in [0.4, 0.5) is 0 Å². The number of carbonyl (C=O) groups is 12. The second-order valence-electron chi connectivity index (χ2n) is 28.8. The number of ether oxygens (including phenoxy) is 15. The predicted molar refractivity (Wildman–Crippen MR) is 390 cm³/mol. The van der Waals surface area contributed by atoms with Crippen LogP contribution in [0, 0.1) is 5.41 Å². The van der Waals surface area contributed by atoms with Gasteiger partial charge in [0.1, 0.15) is 36.9 Å². The van der Waals surface area contributed by atoms with Crippen LogP contribution in [0.1, 0.15) is 177 Å². The van der Waals surface area contributed by atoms with Crippen LogP contribution >= 0.6 is 0 Å². The van der Waals surface area contributed by atoms with Gasteiger partial charge in [-0.05, 0) is 58.2 Å². The van der Waals surface area contributed by atoms with Crippen molar-refractivity contribution < 1.29 is 134 Å². The van der Waals surface area contributed by atoms with Gasteiger partial charge >= 0.3 is 71.6 Å². The Labute approximate surface area is 661 Å². The molecule has 40 heteroatoms. The Hall–Kier alpha value is -9.22. The van der Waals surface area contributed by atoms with Crippen LogP contribution in [0.3, 0.4) is 0 Å². The normalized spacial score (nSPS) is 22.0. The highest BCUT2D eigenvalue weighted by molar-refractivity contribution is 5.71. The first-order valence-corrected chi connectivity index (χ1v) is 38.5. The summed E-state index contributed by atoms with van der Waals surface area (Å²) in [5.41, 5.74) is 0.451. The minimum Gasteiger partial charge on any atom is -0.464 e. The second-order valence-corrected chi connectivity index (χ2v) is 28.8.